The third-order valence-electron chi connectivity index (χ3n) is 9.13. The molecule has 0 saturated carbocycles. The van der Waals surface area contributed by atoms with Crippen molar-refractivity contribution < 1.29 is 28.5 Å². The van der Waals surface area contributed by atoms with Gasteiger partial charge in [0.15, 0.2) is 11.6 Å². The van der Waals surface area contributed by atoms with Crippen molar-refractivity contribution in [1.29, 1.82) is 0 Å². The molecule has 2 heterocycles. The zero-order chi connectivity index (χ0) is 36.5. The highest BCUT2D eigenvalue weighted by Crippen LogP contribution is 2.42. The lowest BCUT2D eigenvalue weighted by molar-refractivity contribution is 0.0965. The molecule has 1 aliphatic rings. The molecule has 0 spiro atoms. The number of benzene rings is 3. The number of rotatable bonds is 15. The highest BCUT2D eigenvalue weighted by atomic mass is 19.1. The van der Waals surface area contributed by atoms with Crippen molar-refractivity contribution in [3.05, 3.63) is 108 Å². The first kappa shape index (κ1) is 37.1. The predicted molar refractivity (Wildman–Crippen MR) is 197 cm³/mol. The fourth-order valence-electron chi connectivity index (χ4n) is 6.44. The Hall–Kier alpha value is -5.20. The molecule has 1 saturated heterocycles. The second kappa shape index (κ2) is 17.1. The molecule has 0 aliphatic carbocycles. The molecule has 4 aromatic rings. The monoisotopic (exact) mass is 698 g/mol. The molecule has 1 amide bonds. The third-order valence-corrected chi connectivity index (χ3v) is 9.13. The lowest BCUT2D eigenvalue weighted by Gasteiger charge is -2.36. The number of allylic oxidation sites excluding steroid dienone is 1. The summed E-state index contributed by atoms with van der Waals surface area (Å²) < 4.78 is 32.3. The fraction of sp³-hybridized carbons (Fsp3) is 0.359. The van der Waals surface area contributed by atoms with E-state index in [-0.39, 0.29) is 17.5 Å². The molecule has 1 aliphatic heterocycles. The summed E-state index contributed by atoms with van der Waals surface area (Å²) in [6.07, 6.45) is 2.49. The molecule has 1 atom stereocenters. The predicted octanol–water partition coefficient (Wildman–Crippen LogP) is 7.09. The van der Waals surface area contributed by atoms with Gasteiger partial charge >= 0.3 is 6.09 Å². The first-order chi connectivity index (χ1) is 24.6. The number of aromatic nitrogens is 2. The Morgan fingerprint density at radius 1 is 1.06 bits per heavy atom. The zero-order valence-corrected chi connectivity index (χ0v) is 29.9. The van der Waals surface area contributed by atoms with Crippen LogP contribution >= 0.6 is 0 Å². The van der Waals surface area contributed by atoms with Crippen LogP contribution in [0.15, 0.2) is 79.5 Å². The van der Waals surface area contributed by atoms with E-state index in [1.807, 2.05) is 25.1 Å². The second-order valence-corrected chi connectivity index (χ2v) is 12.6. The highest BCUT2D eigenvalue weighted by molar-refractivity contribution is 5.87. The van der Waals surface area contributed by atoms with Crippen LogP contribution in [0.4, 0.5) is 26.6 Å². The smallest absolute Gasteiger partial charge is 0.413 e. The molecule has 2 N–H and O–H groups in total. The standard InChI is InChI=1S/C39H47FN6O5/c1-7-9-28-11-8-10-27(4)36(28)37(31-25-30(49-5)13-15-33(31)50-6)46(39(47)48)35-16-17-41-38(43-35)42-29-12-14-34(32(40)24-29)51-23-22-44-18-20-45(21-19-44)26(2)3/h7-8,10-17,24-26,37H,1,9,18-23H2,2-6H3,(H,47,48)(H,41,42,43). The largest absolute Gasteiger partial charge is 0.497 e. The molecule has 1 unspecified atom stereocenters. The van der Waals surface area contributed by atoms with Crippen molar-refractivity contribution in [2.75, 3.05) is 63.8 Å². The first-order valence-corrected chi connectivity index (χ1v) is 17.1. The molecule has 270 valence electrons. The van der Waals surface area contributed by atoms with E-state index in [9.17, 15) is 9.90 Å². The molecule has 12 heteroatoms. The van der Waals surface area contributed by atoms with Gasteiger partial charge in [0.05, 0.1) is 20.3 Å². The van der Waals surface area contributed by atoms with Crippen LogP contribution < -0.4 is 24.4 Å². The number of nitrogens with zero attached hydrogens (tertiary/aromatic N) is 5. The van der Waals surface area contributed by atoms with Crippen molar-refractivity contribution in [3.63, 3.8) is 0 Å². The minimum absolute atomic E-state index is 0.0832. The van der Waals surface area contributed by atoms with E-state index in [4.69, 9.17) is 14.2 Å². The van der Waals surface area contributed by atoms with Gasteiger partial charge in [0, 0.05) is 62.3 Å². The minimum Gasteiger partial charge on any atom is -0.497 e. The number of ether oxygens (including phenoxy) is 3. The van der Waals surface area contributed by atoms with Crippen molar-refractivity contribution in [1.82, 2.24) is 19.8 Å². The van der Waals surface area contributed by atoms with E-state index < -0.39 is 18.0 Å². The molecule has 0 radical (unpaired) electrons. The Labute approximate surface area is 299 Å². The number of hydrogen-bond acceptors (Lipinski definition) is 9. The van der Waals surface area contributed by atoms with Crippen LogP contribution in [-0.4, -0.2) is 90.6 Å². The van der Waals surface area contributed by atoms with Gasteiger partial charge < -0.3 is 24.6 Å². The van der Waals surface area contributed by atoms with E-state index in [1.54, 1.807) is 43.5 Å². The Bertz CT molecular complexity index is 1810. The molecule has 3 aromatic carbocycles. The van der Waals surface area contributed by atoms with Crippen molar-refractivity contribution in [2.45, 2.75) is 39.3 Å². The molecule has 5 rings (SSSR count). The SMILES string of the molecule is C=CCc1cccc(C)c1C(c1cc(OC)ccc1OC)N(C(=O)O)c1ccnc(Nc2ccc(OCCN3CCN(C(C)C)CC3)c(F)c2)n1. The number of carbonyl (C=O) groups is 1. The van der Waals surface area contributed by atoms with Crippen LogP contribution in [0.25, 0.3) is 0 Å². The van der Waals surface area contributed by atoms with Gasteiger partial charge in [0.2, 0.25) is 5.95 Å². The third kappa shape index (κ3) is 8.94. The van der Waals surface area contributed by atoms with E-state index in [2.05, 4.69) is 45.5 Å². The van der Waals surface area contributed by atoms with Gasteiger partial charge in [-0.1, -0.05) is 24.3 Å². The number of halogens is 1. The number of carboxylic acid groups (broad SMARTS) is 1. The number of aryl methyl sites for hydroxylation is 1. The van der Waals surface area contributed by atoms with Crippen LogP contribution in [0.1, 0.15) is 42.1 Å². The molecule has 0 bridgehead atoms. The number of hydrogen-bond donors (Lipinski definition) is 2. The number of piperazine rings is 1. The summed E-state index contributed by atoms with van der Waals surface area (Å²) in [6.45, 7) is 15.3. The van der Waals surface area contributed by atoms with E-state index >= 15 is 4.39 Å². The van der Waals surface area contributed by atoms with Gasteiger partial charge in [-0.05, 0) is 80.3 Å². The summed E-state index contributed by atoms with van der Waals surface area (Å²) in [4.78, 5) is 28.2. The van der Waals surface area contributed by atoms with Crippen LogP contribution in [0.5, 0.6) is 17.2 Å². The zero-order valence-electron chi connectivity index (χ0n) is 29.9. The van der Waals surface area contributed by atoms with E-state index in [0.29, 0.717) is 48.4 Å². The van der Waals surface area contributed by atoms with Gasteiger partial charge in [-0.15, -0.1) is 6.58 Å². The molecular formula is C39H47FN6O5. The normalized spacial score (nSPS) is 14.2. The summed E-state index contributed by atoms with van der Waals surface area (Å²) in [5.41, 5.74) is 3.46. The first-order valence-electron chi connectivity index (χ1n) is 17.1. The summed E-state index contributed by atoms with van der Waals surface area (Å²) in [6, 6.07) is 16.8. The van der Waals surface area contributed by atoms with Gasteiger partial charge in [0.1, 0.15) is 23.9 Å². The number of methoxy groups -OCH3 is 2. The lowest BCUT2D eigenvalue weighted by Crippen LogP contribution is -2.49. The Balaban J connectivity index is 1.41. The second-order valence-electron chi connectivity index (χ2n) is 12.6. The van der Waals surface area contributed by atoms with E-state index in [1.165, 1.54) is 30.3 Å². The molecule has 51 heavy (non-hydrogen) atoms. The molecule has 1 fully saturated rings. The van der Waals surface area contributed by atoms with Gasteiger partial charge in [-0.25, -0.2) is 19.1 Å². The van der Waals surface area contributed by atoms with Gasteiger partial charge in [-0.2, -0.15) is 4.98 Å². The minimum atomic E-state index is -1.25. The quantitative estimate of drug-likeness (QED) is 0.125. The summed E-state index contributed by atoms with van der Waals surface area (Å²) in [5, 5.41) is 13.9. The maximum Gasteiger partial charge on any atom is 0.413 e. The fourth-order valence-corrected chi connectivity index (χ4v) is 6.44. The summed E-state index contributed by atoms with van der Waals surface area (Å²) >= 11 is 0. The van der Waals surface area contributed by atoms with Crippen molar-refractivity contribution in [3.8, 4) is 17.2 Å². The summed E-state index contributed by atoms with van der Waals surface area (Å²) in [5.74, 6) is 0.795. The lowest BCUT2D eigenvalue weighted by atomic mass is 9.88. The molecule has 1 aromatic heterocycles. The molecule has 11 nitrogen and oxygen atoms in total. The average Bonchev–Trinajstić information content (AvgIpc) is 3.12. The van der Waals surface area contributed by atoms with Crippen molar-refractivity contribution >= 4 is 23.5 Å². The Kier molecular flexibility index (Phi) is 12.5. The number of amides is 1. The number of anilines is 3. The number of nitrogens with one attached hydrogen (secondary N) is 1. The van der Waals surface area contributed by atoms with E-state index in [0.717, 1.165) is 42.9 Å². The van der Waals surface area contributed by atoms with Crippen LogP contribution in [-0.2, 0) is 6.42 Å². The Morgan fingerprint density at radius 3 is 2.49 bits per heavy atom. The van der Waals surface area contributed by atoms with Gasteiger partial charge in [-0.3, -0.25) is 9.80 Å². The van der Waals surface area contributed by atoms with Crippen LogP contribution in [0.3, 0.4) is 0 Å². The molecular weight excluding hydrogens is 651 g/mol. The average molecular weight is 699 g/mol. The maximum absolute atomic E-state index is 15.2. The Morgan fingerprint density at radius 2 is 1.82 bits per heavy atom. The topological polar surface area (TPSA) is 113 Å². The van der Waals surface area contributed by atoms with Crippen LogP contribution in [0.2, 0.25) is 0 Å². The van der Waals surface area contributed by atoms with Crippen molar-refractivity contribution in [2.24, 2.45) is 0 Å². The van der Waals surface area contributed by atoms with Crippen LogP contribution in [0, 0.1) is 12.7 Å². The van der Waals surface area contributed by atoms with Gasteiger partial charge in [0.25, 0.3) is 0 Å². The highest BCUT2D eigenvalue weighted by Gasteiger charge is 2.34. The maximum atomic E-state index is 15.2. The summed E-state index contributed by atoms with van der Waals surface area (Å²) in [7, 11) is 3.08.